The lowest BCUT2D eigenvalue weighted by Crippen LogP contribution is -2.26. The van der Waals surface area contributed by atoms with E-state index in [0.717, 1.165) is 35.7 Å². The van der Waals surface area contributed by atoms with Crippen LogP contribution in [0.25, 0.3) is 0 Å². The lowest BCUT2D eigenvalue weighted by molar-refractivity contribution is 0.0954. The number of ether oxygens (including phenoxy) is 2. The molecule has 0 spiro atoms. The largest absolute Gasteiger partial charge is 0.497 e. The fourth-order valence-electron chi connectivity index (χ4n) is 2.86. The molecule has 5 nitrogen and oxygen atoms in total. The molecule has 0 aromatic heterocycles. The van der Waals surface area contributed by atoms with E-state index in [1.54, 1.807) is 14.2 Å². The first kappa shape index (κ1) is 20.6. The molecule has 2 rings (SSSR count). The van der Waals surface area contributed by atoms with Crippen LogP contribution in [0.5, 0.6) is 11.5 Å². The van der Waals surface area contributed by atoms with Crippen LogP contribution in [-0.2, 0) is 6.42 Å². The van der Waals surface area contributed by atoms with Gasteiger partial charge in [0.05, 0.1) is 14.2 Å². The van der Waals surface area contributed by atoms with E-state index >= 15 is 0 Å². The van der Waals surface area contributed by atoms with Crippen molar-refractivity contribution >= 4 is 11.6 Å². The molecule has 0 bridgehead atoms. The van der Waals surface area contributed by atoms with Crippen LogP contribution >= 0.6 is 0 Å². The summed E-state index contributed by atoms with van der Waals surface area (Å²) in [7, 11) is 5.34. The molecule has 1 N–H and O–H groups in total. The maximum atomic E-state index is 12.4. The van der Waals surface area contributed by atoms with Crippen molar-refractivity contribution in [3.8, 4) is 11.5 Å². The van der Waals surface area contributed by atoms with Gasteiger partial charge >= 0.3 is 0 Å². The molecule has 27 heavy (non-hydrogen) atoms. The predicted molar refractivity (Wildman–Crippen MR) is 110 cm³/mol. The summed E-state index contributed by atoms with van der Waals surface area (Å²) in [5.41, 5.74) is 2.83. The molecular formula is C22H30N2O3. The maximum Gasteiger partial charge on any atom is 0.251 e. The van der Waals surface area contributed by atoms with E-state index < -0.39 is 0 Å². The average molecular weight is 370 g/mol. The zero-order valence-electron chi connectivity index (χ0n) is 16.7. The van der Waals surface area contributed by atoms with Crippen molar-refractivity contribution in [2.24, 2.45) is 0 Å². The van der Waals surface area contributed by atoms with Gasteiger partial charge in [-0.3, -0.25) is 4.79 Å². The van der Waals surface area contributed by atoms with Crippen molar-refractivity contribution < 1.29 is 14.3 Å². The summed E-state index contributed by atoms with van der Waals surface area (Å²) in [4.78, 5) is 14.6. The van der Waals surface area contributed by atoms with Crippen LogP contribution in [0.2, 0.25) is 0 Å². The van der Waals surface area contributed by atoms with Gasteiger partial charge in [0.15, 0.2) is 0 Å². The van der Waals surface area contributed by atoms with Gasteiger partial charge in [-0.2, -0.15) is 0 Å². The summed E-state index contributed by atoms with van der Waals surface area (Å²) in [5, 5.41) is 2.97. The van der Waals surface area contributed by atoms with E-state index in [2.05, 4.69) is 24.2 Å². The second-order valence-electron chi connectivity index (χ2n) is 6.51. The fourth-order valence-corrected chi connectivity index (χ4v) is 2.86. The van der Waals surface area contributed by atoms with Gasteiger partial charge in [0, 0.05) is 37.5 Å². The number of methoxy groups -OCH3 is 2. The number of benzene rings is 2. The monoisotopic (exact) mass is 370 g/mol. The molecule has 0 saturated heterocycles. The number of carbonyl (C=O) groups is 1. The van der Waals surface area contributed by atoms with Crippen molar-refractivity contribution in [1.29, 1.82) is 0 Å². The number of carbonyl (C=O) groups excluding carboxylic acids is 1. The van der Waals surface area contributed by atoms with E-state index in [-0.39, 0.29) is 5.91 Å². The molecule has 0 radical (unpaired) electrons. The van der Waals surface area contributed by atoms with Crippen molar-refractivity contribution in [1.82, 2.24) is 5.32 Å². The fraction of sp³-hybridized carbons (Fsp3) is 0.409. The van der Waals surface area contributed by atoms with Crippen LogP contribution in [0, 0.1) is 0 Å². The van der Waals surface area contributed by atoms with Crippen LogP contribution < -0.4 is 19.7 Å². The number of nitrogens with one attached hydrogen (secondary N) is 1. The molecule has 146 valence electrons. The minimum Gasteiger partial charge on any atom is -0.497 e. The Balaban J connectivity index is 1.89. The highest BCUT2D eigenvalue weighted by molar-refractivity contribution is 5.94. The van der Waals surface area contributed by atoms with E-state index in [1.807, 2.05) is 42.5 Å². The molecule has 0 aliphatic carbocycles. The summed E-state index contributed by atoms with van der Waals surface area (Å²) >= 11 is 0. The van der Waals surface area contributed by atoms with Crippen LogP contribution in [-0.4, -0.2) is 40.3 Å². The zero-order chi connectivity index (χ0) is 19.6. The van der Waals surface area contributed by atoms with Crippen LogP contribution in [0.4, 0.5) is 5.69 Å². The highest BCUT2D eigenvalue weighted by atomic mass is 16.5. The number of unbranched alkanes of at least 4 members (excludes halogenated alkanes) is 1. The lowest BCUT2D eigenvalue weighted by Gasteiger charge is -2.19. The second-order valence-corrected chi connectivity index (χ2v) is 6.51. The minimum absolute atomic E-state index is 0.0646. The molecule has 5 heteroatoms. The Hall–Kier alpha value is -2.69. The number of nitrogens with zero attached hydrogens (tertiary/aromatic N) is 1. The van der Waals surface area contributed by atoms with Gasteiger partial charge in [0.2, 0.25) is 0 Å². The van der Waals surface area contributed by atoms with Crippen molar-refractivity contribution in [2.45, 2.75) is 26.2 Å². The van der Waals surface area contributed by atoms with E-state index in [9.17, 15) is 4.79 Å². The summed E-state index contributed by atoms with van der Waals surface area (Å²) in [5.74, 6) is 1.46. The minimum atomic E-state index is -0.0646. The quantitative estimate of drug-likeness (QED) is 0.689. The van der Waals surface area contributed by atoms with Crippen LogP contribution in [0.3, 0.4) is 0 Å². The molecule has 0 aliphatic rings. The molecule has 0 heterocycles. The van der Waals surface area contributed by atoms with E-state index in [1.165, 1.54) is 6.42 Å². The predicted octanol–water partition coefficient (Wildman–Crippen LogP) is 3.91. The molecule has 1 amide bonds. The molecular weight excluding hydrogens is 340 g/mol. The van der Waals surface area contributed by atoms with Crippen LogP contribution in [0.15, 0.2) is 42.5 Å². The molecule has 0 saturated carbocycles. The van der Waals surface area contributed by atoms with Gasteiger partial charge in [-0.25, -0.2) is 0 Å². The van der Waals surface area contributed by atoms with Crippen molar-refractivity contribution in [3.05, 3.63) is 53.6 Å². The number of anilines is 1. The molecule has 0 aliphatic heterocycles. The third kappa shape index (κ3) is 5.91. The first-order valence-electron chi connectivity index (χ1n) is 9.39. The van der Waals surface area contributed by atoms with E-state index in [4.69, 9.17) is 9.47 Å². The van der Waals surface area contributed by atoms with Gasteiger partial charge in [0.25, 0.3) is 5.91 Å². The van der Waals surface area contributed by atoms with E-state index in [0.29, 0.717) is 18.5 Å². The molecule has 0 fully saturated rings. The lowest BCUT2D eigenvalue weighted by atomic mass is 10.1. The van der Waals surface area contributed by atoms with Gasteiger partial charge in [0.1, 0.15) is 11.5 Å². The normalized spacial score (nSPS) is 10.4. The number of amides is 1. The Kier molecular flexibility index (Phi) is 7.99. The summed E-state index contributed by atoms with van der Waals surface area (Å²) < 4.78 is 10.6. The van der Waals surface area contributed by atoms with Crippen molar-refractivity contribution in [2.75, 3.05) is 39.3 Å². The highest BCUT2D eigenvalue weighted by Gasteiger charge is 2.09. The van der Waals surface area contributed by atoms with Gasteiger partial charge < -0.3 is 19.7 Å². The van der Waals surface area contributed by atoms with Gasteiger partial charge in [-0.1, -0.05) is 19.4 Å². The topological polar surface area (TPSA) is 50.8 Å². The van der Waals surface area contributed by atoms with Gasteiger partial charge in [-0.15, -0.1) is 0 Å². The first-order valence-corrected chi connectivity index (χ1v) is 9.39. The highest BCUT2D eigenvalue weighted by Crippen LogP contribution is 2.24. The Morgan fingerprint density at radius 2 is 1.81 bits per heavy atom. The summed E-state index contributed by atoms with van der Waals surface area (Å²) in [6.07, 6.45) is 3.02. The van der Waals surface area contributed by atoms with Crippen LogP contribution in [0.1, 0.15) is 35.7 Å². The maximum absolute atomic E-state index is 12.4. The van der Waals surface area contributed by atoms with Crippen molar-refractivity contribution in [3.63, 3.8) is 0 Å². The van der Waals surface area contributed by atoms with Gasteiger partial charge in [-0.05, 0) is 48.7 Å². The Morgan fingerprint density at radius 1 is 1.07 bits per heavy atom. The summed E-state index contributed by atoms with van der Waals surface area (Å²) in [6.45, 7) is 3.74. The average Bonchev–Trinajstić information content (AvgIpc) is 2.72. The second kappa shape index (κ2) is 10.5. The molecule has 0 unspecified atom stereocenters. The first-order chi connectivity index (χ1) is 13.1. The molecule has 2 aromatic rings. The summed E-state index contributed by atoms with van der Waals surface area (Å²) in [6, 6.07) is 13.5. The third-order valence-corrected chi connectivity index (χ3v) is 4.59. The number of hydrogen-bond donors (Lipinski definition) is 1. The molecule has 0 atom stereocenters. The number of rotatable bonds is 10. The smallest absolute Gasteiger partial charge is 0.251 e. The Labute approximate surface area is 162 Å². The molecule has 2 aromatic carbocycles. The SMILES string of the molecule is CCCCN(C)c1ccc(C(=O)NCCc2ccc(OC)cc2OC)cc1. The zero-order valence-corrected chi connectivity index (χ0v) is 16.7. The Bertz CT molecular complexity index is 729. The Morgan fingerprint density at radius 3 is 2.44 bits per heavy atom. The number of hydrogen-bond acceptors (Lipinski definition) is 4. The third-order valence-electron chi connectivity index (χ3n) is 4.59. The standard InChI is InChI=1S/C22H30N2O3/c1-5-6-15-24(2)19-10-7-18(8-11-19)22(25)23-14-13-17-9-12-20(26-3)16-21(17)27-4/h7-12,16H,5-6,13-15H2,1-4H3,(H,23,25).